The smallest absolute Gasteiger partial charge is 0.333 e. The predicted molar refractivity (Wildman–Crippen MR) is 132 cm³/mol. The summed E-state index contributed by atoms with van der Waals surface area (Å²) in [5, 5.41) is 0. The van der Waals surface area contributed by atoms with Crippen molar-refractivity contribution in [3.8, 4) is 11.5 Å². The van der Waals surface area contributed by atoms with Crippen LogP contribution in [-0.4, -0.2) is 44.6 Å². The number of carbonyl (C=O) groups is 2. The fourth-order valence-corrected chi connectivity index (χ4v) is 2.50. The number of hydrogen-bond acceptors (Lipinski definition) is 7. The average Bonchev–Trinajstić information content (AvgIpc) is 2.83. The molecule has 0 heterocycles. The van der Waals surface area contributed by atoms with E-state index in [-0.39, 0.29) is 11.9 Å². The van der Waals surface area contributed by atoms with E-state index in [0.29, 0.717) is 50.4 Å². The summed E-state index contributed by atoms with van der Waals surface area (Å²) in [5.41, 5.74) is 2.51. The zero-order valence-electron chi connectivity index (χ0n) is 19.7. The van der Waals surface area contributed by atoms with Crippen LogP contribution in [0.2, 0.25) is 0 Å². The molecule has 0 bridgehead atoms. The van der Waals surface area contributed by atoms with Crippen molar-refractivity contribution < 1.29 is 28.5 Å². The highest BCUT2D eigenvalue weighted by Gasteiger charge is 2.03. The van der Waals surface area contributed by atoms with Crippen LogP contribution in [0.3, 0.4) is 0 Å². The number of ether oxygens (including phenoxy) is 4. The zero-order chi connectivity index (χ0) is 24.8. The van der Waals surface area contributed by atoms with E-state index in [2.05, 4.69) is 18.2 Å². The second-order valence-corrected chi connectivity index (χ2v) is 7.56. The van der Waals surface area contributed by atoms with Gasteiger partial charge in [-0.25, -0.2) is 9.59 Å². The molecule has 0 unspecified atom stereocenters. The summed E-state index contributed by atoms with van der Waals surface area (Å²) in [7, 11) is 0. The van der Waals surface area contributed by atoms with Crippen molar-refractivity contribution in [2.24, 2.45) is 4.99 Å². The second kappa shape index (κ2) is 14.3. The van der Waals surface area contributed by atoms with E-state index in [4.69, 9.17) is 18.9 Å². The lowest BCUT2D eigenvalue weighted by atomic mass is 10.2. The Morgan fingerprint density at radius 2 is 1.18 bits per heavy atom. The number of hydrogen-bond donors (Lipinski definition) is 0. The summed E-state index contributed by atoms with van der Waals surface area (Å²) in [6.45, 7) is 11.8. The lowest BCUT2D eigenvalue weighted by Gasteiger charge is -2.07. The molecule has 0 amide bonds. The Kier molecular flexibility index (Phi) is 11.1. The van der Waals surface area contributed by atoms with E-state index < -0.39 is 0 Å². The first kappa shape index (κ1) is 26.4. The normalized spacial score (nSPS) is 10.5. The molecule has 2 aromatic carbocycles. The maximum atomic E-state index is 11.3. The second-order valence-electron chi connectivity index (χ2n) is 7.56. The van der Waals surface area contributed by atoms with Crippen LogP contribution in [0.1, 0.15) is 32.3 Å². The standard InChI is InChI=1S/C27H31NO6/c1-20(2)26(29)33-17-5-15-31-24-11-7-22(8-12-24)19-28-23-9-13-25(14-10-23)32-16-6-18-34-27(30)21(3)4/h7-14,19H,1,3,5-6,15-18H2,2,4H3. The summed E-state index contributed by atoms with van der Waals surface area (Å²) in [6, 6.07) is 15.0. The molecule has 2 rings (SSSR count). The molecule has 2 aromatic rings. The molecule has 0 aliphatic heterocycles. The lowest BCUT2D eigenvalue weighted by Crippen LogP contribution is -2.09. The van der Waals surface area contributed by atoms with Gasteiger partial charge in [-0.15, -0.1) is 0 Å². The molecule has 0 fully saturated rings. The molecule has 0 atom stereocenters. The van der Waals surface area contributed by atoms with E-state index in [1.54, 1.807) is 20.1 Å². The van der Waals surface area contributed by atoms with Crippen LogP contribution in [-0.2, 0) is 19.1 Å². The van der Waals surface area contributed by atoms with Crippen molar-refractivity contribution >= 4 is 23.8 Å². The molecule has 0 radical (unpaired) electrons. The summed E-state index contributed by atoms with van der Waals surface area (Å²) in [5.74, 6) is 0.688. The molecule has 0 aliphatic carbocycles. The van der Waals surface area contributed by atoms with Gasteiger partial charge in [0.15, 0.2) is 0 Å². The van der Waals surface area contributed by atoms with Gasteiger partial charge in [-0.2, -0.15) is 0 Å². The Morgan fingerprint density at radius 1 is 0.735 bits per heavy atom. The summed E-state index contributed by atoms with van der Waals surface area (Å²) in [4.78, 5) is 27.1. The molecule has 0 spiro atoms. The number of benzene rings is 2. The van der Waals surface area contributed by atoms with Crippen molar-refractivity contribution in [3.63, 3.8) is 0 Å². The van der Waals surface area contributed by atoms with Gasteiger partial charge in [0.2, 0.25) is 0 Å². The Balaban J connectivity index is 1.68. The molecule has 0 aromatic heterocycles. The van der Waals surface area contributed by atoms with Gasteiger partial charge in [-0.1, -0.05) is 13.2 Å². The van der Waals surface area contributed by atoms with Crippen LogP contribution in [0.5, 0.6) is 11.5 Å². The fraction of sp³-hybridized carbons (Fsp3) is 0.296. The van der Waals surface area contributed by atoms with Crippen molar-refractivity contribution in [2.45, 2.75) is 26.7 Å². The van der Waals surface area contributed by atoms with Crippen molar-refractivity contribution in [2.75, 3.05) is 26.4 Å². The SMILES string of the molecule is C=C(C)C(=O)OCCCOc1ccc(C=Nc2ccc(OCCCOC(=O)C(=C)C)cc2)cc1. The lowest BCUT2D eigenvalue weighted by molar-refractivity contribution is -0.140. The quantitative estimate of drug-likeness (QED) is 0.165. The minimum Gasteiger partial charge on any atom is -0.493 e. The average molecular weight is 466 g/mol. The highest BCUT2D eigenvalue weighted by Crippen LogP contribution is 2.19. The summed E-state index contributed by atoms with van der Waals surface area (Å²) >= 11 is 0. The first-order valence-corrected chi connectivity index (χ1v) is 11.0. The van der Waals surface area contributed by atoms with Gasteiger partial charge in [0.1, 0.15) is 11.5 Å². The first-order valence-electron chi connectivity index (χ1n) is 11.0. The number of nitrogens with zero attached hydrogens (tertiary/aromatic N) is 1. The molecule has 0 aliphatic rings. The van der Waals surface area contributed by atoms with Crippen LogP contribution < -0.4 is 9.47 Å². The molecule has 0 N–H and O–H groups in total. The summed E-state index contributed by atoms with van der Waals surface area (Å²) < 4.78 is 21.3. The van der Waals surface area contributed by atoms with Crippen molar-refractivity contribution in [3.05, 3.63) is 78.4 Å². The minimum atomic E-state index is -0.386. The molecule has 7 nitrogen and oxygen atoms in total. The van der Waals surface area contributed by atoms with Gasteiger partial charge in [-0.05, 0) is 67.9 Å². The minimum absolute atomic E-state index is 0.294. The van der Waals surface area contributed by atoms with Gasteiger partial charge in [0.25, 0.3) is 0 Å². The van der Waals surface area contributed by atoms with Gasteiger partial charge in [0, 0.05) is 30.2 Å². The van der Waals surface area contributed by atoms with Crippen molar-refractivity contribution in [1.29, 1.82) is 0 Å². The molecule has 180 valence electrons. The highest BCUT2D eigenvalue weighted by molar-refractivity contribution is 5.87. The Bertz CT molecular complexity index is 911. The number of carbonyl (C=O) groups excluding carboxylic acids is 2. The first-order chi connectivity index (χ1) is 16.3. The molecular weight excluding hydrogens is 434 g/mol. The third-order valence-electron chi connectivity index (χ3n) is 4.36. The zero-order valence-corrected chi connectivity index (χ0v) is 19.7. The predicted octanol–water partition coefficient (Wildman–Crippen LogP) is 5.21. The van der Waals surface area contributed by atoms with Crippen LogP contribution in [0.25, 0.3) is 0 Å². The Morgan fingerprint density at radius 3 is 1.62 bits per heavy atom. The number of aliphatic imine (C=N–C) groups is 1. The fourth-order valence-electron chi connectivity index (χ4n) is 2.50. The Hall–Kier alpha value is -3.87. The maximum Gasteiger partial charge on any atom is 0.333 e. The van der Waals surface area contributed by atoms with Gasteiger partial charge >= 0.3 is 11.9 Å². The van der Waals surface area contributed by atoms with Crippen LogP contribution in [0.15, 0.2) is 77.8 Å². The Labute approximate surface area is 200 Å². The van der Waals surface area contributed by atoms with Gasteiger partial charge in [0.05, 0.1) is 32.1 Å². The third-order valence-corrected chi connectivity index (χ3v) is 4.36. The van der Waals surface area contributed by atoms with E-state index in [0.717, 1.165) is 22.7 Å². The number of esters is 2. The summed E-state index contributed by atoms with van der Waals surface area (Å²) in [6.07, 6.45) is 2.97. The topological polar surface area (TPSA) is 83.4 Å². The van der Waals surface area contributed by atoms with E-state index in [9.17, 15) is 9.59 Å². The van der Waals surface area contributed by atoms with E-state index in [1.165, 1.54) is 0 Å². The van der Waals surface area contributed by atoms with E-state index >= 15 is 0 Å². The van der Waals surface area contributed by atoms with Gasteiger partial charge in [-0.3, -0.25) is 4.99 Å². The van der Waals surface area contributed by atoms with Crippen LogP contribution in [0.4, 0.5) is 5.69 Å². The van der Waals surface area contributed by atoms with Crippen LogP contribution in [0, 0.1) is 0 Å². The van der Waals surface area contributed by atoms with Crippen molar-refractivity contribution in [1.82, 2.24) is 0 Å². The molecule has 7 heteroatoms. The van der Waals surface area contributed by atoms with E-state index in [1.807, 2.05) is 48.5 Å². The molecule has 0 saturated heterocycles. The number of rotatable bonds is 14. The monoisotopic (exact) mass is 465 g/mol. The molecular formula is C27H31NO6. The maximum absolute atomic E-state index is 11.3. The van der Waals surface area contributed by atoms with Crippen LogP contribution >= 0.6 is 0 Å². The molecule has 34 heavy (non-hydrogen) atoms. The third kappa shape index (κ3) is 10.2. The van der Waals surface area contributed by atoms with Gasteiger partial charge < -0.3 is 18.9 Å². The molecule has 0 saturated carbocycles. The highest BCUT2D eigenvalue weighted by atomic mass is 16.5. The largest absolute Gasteiger partial charge is 0.493 e.